The Kier molecular flexibility index (Phi) is 5.49. The Labute approximate surface area is 173 Å². The Morgan fingerprint density at radius 3 is 2.69 bits per heavy atom. The van der Waals surface area contributed by atoms with Crippen molar-refractivity contribution in [1.29, 1.82) is 0 Å². The normalized spacial score (nSPS) is 24.4. The summed E-state index contributed by atoms with van der Waals surface area (Å²) >= 11 is 0. The van der Waals surface area contributed by atoms with Crippen molar-refractivity contribution in [2.45, 2.75) is 70.1 Å². The Balaban J connectivity index is 1.16. The molecule has 1 aromatic carbocycles. The van der Waals surface area contributed by atoms with Crippen molar-refractivity contribution in [3.8, 4) is 5.75 Å². The highest BCUT2D eigenvalue weighted by Crippen LogP contribution is 2.34. The summed E-state index contributed by atoms with van der Waals surface area (Å²) < 4.78 is 8.86. The van der Waals surface area contributed by atoms with Gasteiger partial charge in [0.1, 0.15) is 11.9 Å². The van der Waals surface area contributed by atoms with Crippen molar-refractivity contribution in [3.05, 3.63) is 30.5 Å². The molecule has 5 rings (SSSR count). The van der Waals surface area contributed by atoms with E-state index in [4.69, 9.17) is 4.74 Å². The maximum Gasteiger partial charge on any atom is 0.220 e. The van der Waals surface area contributed by atoms with E-state index in [1.165, 1.54) is 23.7 Å². The number of amides is 1. The molecule has 0 radical (unpaired) electrons. The lowest BCUT2D eigenvalue weighted by Gasteiger charge is -2.34. The molecule has 0 spiro atoms. The molecule has 1 saturated carbocycles. The van der Waals surface area contributed by atoms with Crippen LogP contribution in [0.3, 0.4) is 0 Å². The van der Waals surface area contributed by atoms with Crippen LogP contribution in [0, 0.1) is 5.92 Å². The van der Waals surface area contributed by atoms with E-state index in [0.29, 0.717) is 12.5 Å². The molecule has 1 amide bonds. The lowest BCUT2D eigenvalue weighted by molar-refractivity contribution is -0.121. The summed E-state index contributed by atoms with van der Waals surface area (Å²) in [5.41, 5.74) is 1.30. The number of hydrogen-bond acceptors (Lipinski definition) is 3. The number of likely N-dealkylation sites (tertiary alicyclic amines) is 1. The number of hydrogen-bond donors (Lipinski definition) is 1. The first-order valence-corrected chi connectivity index (χ1v) is 11.5. The van der Waals surface area contributed by atoms with E-state index in [1.807, 2.05) is 0 Å². The predicted octanol–water partition coefficient (Wildman–Crippen LogP) is 3.95. The second-order valence-electron chi connectivity index (χ2n) is 9.23. The third kappa shape index (κ3) is 4.61. The molecule has 1 aromatic heterocycles. The zero-order valence-electron chi connectivity index (χ0n) is 17.3. The van der Waals surface area contributed by atoms with Crippen LogP contribution in [0.5, 0.6) is 5.75 Å². The van der Waals surface area contributed by atoms with Crippen molar-refractivity contribution >= 4 is 16.8 Å². The van der Waals surface area contributed by atoms with Crippen LogP contribution in [0.15, 0.2) is 30.5 Å². The van der Waals surface area contributed by atoms with Crippen molar-refractivity contribution in [1.82, 2.24) is 14.8 Å². The maximum atomic E-state index is 11.8. The fraction of sp³-hybridized carbons (Fsp3) is 0.625. The molecule has 1 atom stereocenters. The Hall–Kier alpha value is -2.01. The van der Waals surface area contributed by atoms with Gasteiger partial charge in [-0.25, -0.2) is 0 Å². The number of piperidine rings is 1. The van der Waals surface area contributed by atoms with E-state index in [1.54, 1.807) is 0 Å². The van der Waals surface area contributed by atoms with Crippen LogP contribution in [0.25, 0.3) is 10.9 Å². The number of aromatic nitrogens is 1. The quantitative estimate of drug-likeness (QED) is 0.806. The number of nitrogens with one attached hydrogen (secondary N) is 1. The van der Waals surface area contributed by atoms with Crippen molar-refractivity contribution in [2.75, 3.05) is 19.6 Å². The van der Waals surface area contributed by atoms with Crippen LogP contribution in [-0.2, 0) is 11.3 Å². The van der Waals surface area contributed by atoms with Gasteiger partial charge in [0.25, 0.3) is 0 Å². The average molecular weight is 396 g/mol. The van der Waals surface area contributed by atoms with E-state index in [0.717, 1.165) is 70.0 Å². The highest BCUT2D eigenvalue weighted by atomic mass is 16.5. The molecular formula is C24H33N3O2. The molecule has 3 heterocycles. The fourth-order valence-corrected chi connectivity index (χ4v) is 4.92. The second-order valence-corrected chi connectivity index (χ2v) is 9.23. The van der Waals surface area contributed by atoms with Gasteiger partial charge in [0.05, 0.1) is 5.52 Å². The van der Waals surface area contributed by atoms with E-state index in [9.17, 15) is 4.79 Å². The largest absolute Gasteiger partial charge is 0.490 e. The van der Waals surface area contributed by atoms with E-state index in [2.05, 4.69) is 45.2 Å². The van der Waals surface area contributed by atoms with Crippen LogP contribution in [0.4, 0.5) is 0 Å². The molecule has 3 fully saturated rings. The van der Waals surface area contributed by atoms with Gasteiger partial charge in [-0.2, -0.15) is 0 Å². The summed E-state index contributed by atoms with van der Waals surface area (Å²) in [6.45, 7) is 4.23. The second kappa shape index (κ2) is 8.39. The van der Waals surface area contributed by atoms with Crippen LogP contribution in [0.1, 0.15) is 51.4 Å². The first-order valence-electron chi connectivity index (χ1n) is 11.5. The minimum Gasteiger partial charge on any atom is -0.490 e. The number of nitrogens with zero attached hydrogens (tertiary/aromatic N) is 2. The highest BCUT2D eigenvalue weighted by Gasteiger charge is 2.25. The van der Waals surface area contributed by atoms with Crippen LogP contribution >= 0.6 is 0 Å². The smallest absolute Gasteiger partial charge is 0.220 e. The topological polar surface area (TPSA) is 46.5 Å². The Morgan fingerprint density at radius 2 is 1.86 bits per heavy atom. The van der Waals surface area contributed by atoms with Gasteiger partial charge in [-0.05, 0) is 62.6 Å². The molecule has 29 heavy (non-hydrogen) atoms. The molecule has 1 unspecified atom stereocenters. The molecule has 3 aliphatic rings. The van der Waals surface area contributed by atoms with Crippen LogP contribution in [0.2, 0.25) is 0 Å². The number of ether oxygens (including phenoxy) is 1. The third-order valence-electron chi connectivity index (χ3n) is 6.80. The number of carbonyl (C=O) groups is 1. The van der Waals surface area contributed by atoms with Gasteiger partial charge >= 0.3 is 0 Å². The van der Waals surface area contributed by atoms with Crippen molar-refractivity contribution < 1.29 is 9.53 Å². The van der Waals surface area contributed by atoms with Gasteiger partial charge in [0, 0.05) is 50.2 Å². The summed E-state index contributed by atoms with van der Waals surface area (Å²) in [7, 11) is 0. The van der Waals surface area contributed by atoms with Gasteiger partial charge in [-0.3, -0.25) is 4.79 Å². The molecule has 156 valence electrons. The highest BCUT2D eigenvalue weighted by molar-refractivity contribution is 5.86. The lowest BCUT2D eigenvalue weighted by atomic mass is 10.1. The number of carbonyl (C=O) groups excluding carboxylic acids is 1. The Morgan fingerprint density at radius 1 is 1.00 bits per heavy atom. The molecule has 0 bridgehead atoms. The van der Waals surface area contributed by atoms with Crippen LogP contribution < -0.4 is 10.1 Å². The van der Waals surface area contributed by atoms with E-state index < -0.39 is 0 Å². The molecular weight excluding hydrogens is 362 g/mol. The summed E-state index contributed by atoms with van der Waals surface area (Å²) in [5.74, 6) is 2.14. The first kappa shape index (κ1) is 19.0. The summed E-state index contributed by atoms with van der Waals surface area (Å²) in [6, 6.07) is 9.01. The van der Waals surface area contributed by atoms with Gasteiger partial charge in [0.2, 0.25) is 5.91 Å². The van der Waals surface area contributed by atoms with Gasteiger partial charge in [0.15, 0.2) is 0 Å². The third-order valence-corrected chi connectivity index (χ3v) is 6.80. The maximum absolute atomic E-state index is 11.8. The van der Waals surface area contributed by atoms with E-state index in [-0.39, 0.29) is 12.0 Å². The molecule has 5 heteroatoms. The van der Waals surface area contributed by atoms with E-state index >= 15 is 0 Å². The number of rotatable bonds is 6. The molecule has 1 aliphatic carbocycles. The minimum absolute atomic E-state index is 0.229. The van der Waals surface area contributed by atoms with Crippen LogP contribution in [-0.4, -0.2) is 47.2 Å². The van der Waals surface area contributed by atoms with Crippen molar-refractivity contribution in [2.24, 2.45) is 5.92 Å². The zero-order chi connectivity index (χ0) is 19.6. The Bertz CT molecular complexity index is 849. The van der Waals surface area contributed by atoms with Gasteiger partial charge in [-0.15, -0.1) is 0 Å². The SMILES string of the molecule is O=C1CCCCC(CN2CCC(Oc3cccc4c3ccn4CC3CC3)CC2)N1. The number of benzene rings is 1. The standard InChI is InChI=1S/C24H33N3O2/c28-24-7-2-1-4-19(25-24)17-26-13-10-20(11-14-26)29-23-6-3-5-22-21(23)12-15-27(22)16-18-8-9-18/h3,5-6,12,15,18-20H,1-2,4,7-11,13-14,16-17H2,(H,25,28). The summed E-state index contributed by atoms with van der Waals surface area (Å²) in [6.07, 6.45) is 11.4. The molecule has 1 N–H and O–H groups in total. The average Bonchev–Trinajstić information content (AvgIpc) is 3.48. The molecule has 2 aromatic rings. The monoisotopic (exact) mass is 395 g/mol. The molecule has 5 nitrogen and oxygen atoms in total. The lowest BCUT2D eigenvalue weighted by Crippen LogP contribution is -2.46. The molecule has 2 saturated heterocycles. The number of fused-ring (bicyclic) bond motifs is 1. The fourth-order valence-electron chi connectivity index (χ4n) is 4.92. The first-order chi connectivity index (χ1) is 14.2. The minimum atomic E-state index is 0.229. The van der Waals surface area contributed by atoms with Gasteiger partial charge < -0.3 is 19.5 Å². The predicted molar refractivity (Wildman–Crippen MR) is 115 cm³/mol. The summed E-state index contributed by atoms with van der Waals surface area (Å²) in [4.78, 5) is 14.3. The van der Waals surface area contributed by atoms with Crippen molar-refractivity contribution in [3.63, 3.8) is 0 Å². The summed E-state index contributed by atoms with van der Waals surface area (Å²) in [5, 5.41) is 4.45. The van der Waals surface area contributed by atoms with Gasteiger partial charge in [-0.1, -0.05) is 12.5 Å². The molecule has 2 aliphatic heterocycles. The zero-order valence-corrected chi connectivity index (χ0v) is 17.3.